The lowest BCUT2D eigenvalue weighted by atomic mass is 9.86. The summed E-state index contributed by atoms with van der Waals surface area (Å²) < 4.78 is 0. The third-order valence-corrected chi connectivity index (χ3v) is 5.24. The summed E-state index contributed by atoms with van der Waals surface area (Å²) in [6.07, 6.45) is 11.0. The van der Waals surface area contributed by atoms with Crippen LogP contribution in [0.2, 0.25) is 0 Å². The van der Waals surface area contributed by atoms with Crippen molar-refractivity contribution in [1.29, 1.82) is 0 Å². The lowest BCUT2D eigenvalue weighted by Crippen LogP contribution is -2.36. The lowest BCUT2D eigenvalue weighted by molar-refractivity contribution is 0.344. The molecule has 1 fully saturated rings. The molecule has 2 aromatic rings. The van der Waals surface area contributed by atoms with E-state index in [2.05, 4.69) is 39.2 Å². The van der Waals surface area contributed by atoms with Gasteiger partial charge in [0, 0.05) is 19.3 Å². The third-order valence-electron chi connectivity index (χ3n) is 4.43. The van der Waals surface area contributed by atoms with E-state index in [1.54, 1.807) is 6.33 Å². The SMILES string of the molecule is CSCC1CCC(N(C)c2ncnc3[nH]ccc23)CC1. The average Bonchev–Trinajstić information content (AvgIpc) is 2.96. The van der Waals surface area contributed by atoms with Crippen molar-refractivity contribution in [3.63, 3.8) is 0 Å². The molecule has 0 unspecified atom stereocenters. The van der Waals surface area contributed by atoms with Crippen molar-refractivity contribution < 1.29 is 0 Å². The number of nitrogens with one attached hydrogen (secondary N) is 1. The predicted octanol–water partition coefficient (Wildman–Crippen LogP) is 3.32. The van der Waals surface area contributed by atoms with E-state index in [-0.39, 0.29) is 0 Å². The fourth-order valence-electron chi connectivity index (χ4n) is 3.25. The van der Waals surface area contributed by atoms with Gasteiger partial charge in [0.1, 0.15) is 17.8 Å². The minimum absolute atomic E-state index is 0.612. The van der Waals surface area contributed by atoms with Gasteiger partial charge in [0.25, 0.3) is 0 Å². The molecule has 0 bridgehead atoms. The van der Waals surface area contributed by atoms with Gasteiger partial charge in [-0.25, -0.2) is 9.97 Å². The summed E-state index contributed by atoms with van der Waals surface area (Å²) in [6, 6.07) is 2.68. The Kier molecular flexibility index (Phi) is 4.15. The third kappa shape index (κ3) is 2.64. The summed E-state index contributed by atoms with van der Waals surface area (Å²) >= 11 is 1.98. The van der Waals surface area contributed by atoms with E-state index >= 15 is 0 Å². The zero-order valence-electron chi connectivity index (χ0n) is 12.2. The Labute approximate surface area is 124 Å². The van der Waals surface area contributed by atoms with Crippen LogP contribution in [-0.2, 0) is 0 Å². The van der Waals surface area contributed by atoms with Gasteiger partial charge < -0.3 is 9.88 Å². The zero-order valence-corrected chi connectivity index (χ0v) is 13.0. The maximum absolute atomic E-state index is 4.50. The van der Waals surface area contributed by atoms with E-state index in [9.17, 15) is 0 Å². The number of H-pyrrole nitrogens is 1. The molecule has 4 nitrogen and oxygen atoms in total. The van der Waals surface area contributed by atoms with Crippen molar-refractivity contribution in [3.05, 3.63) is 18.6 Å². The van der Waals surface area contributed by atoms with Crippen molar-refractivity contribution in [2.45, 2.75) is 31.7 Å². The standard InChI is InChI=1S/C15H22N4S/c1-19(12-5-3-11(4-6-12)9-20-2)15-13-7-8-16-14(13)17-10-18-15/h7-8,10-12H,3-6,9H2,1-2H3,(H,16,17,18). The van der Waals surface area contributed by atoms with Crippen LogP contribution in [0.5, 0.6) is 0 Å². The Hall–Kier alpha value is -1.23. The first kappa shape index (κ1) is 13.7. The van der Waals surface area contributed by atoms with E-state index in [1.165, 1.54) is 31.4 Å². The predicted molar refractivity (Wildman–Crippen MR) is 86.4 cm³/mol. The Morgan fingerprint density at radius 3 is 2.85 bits per heavy atom. The van der Waals surface area contributed by atoms with Crippen LogP contribution >= 0.6 is 11.8 Å². The molecule has 2 aromatic heterocycles. The first-order valence-corrected chi connectivity index (χ1v) is 8.69. The minimum Gasteiger partial charge on any atom is -0.356 e. The minimum atomic E-state index is 0.612. The Balaban J connectivity index is 1.73. The fraction of sp³-hybridized carbons (Fsp3) is 0.600. The van der Waals surface area contributed by atoms with Crippen molar-refractivity contribution in [1.82, 2.24) is 15.0 Å². The molecule has 1 saturated carbocycles. The van der Waals surface area contributed by atoms with E-state index in [0.717, 1.165) is 22.8 Å². The highest BCUT2D eigenvalue weighted by Crippen LogP contribution is 2.32. The topological polar surface area (TPSA) is 44.8 Å². The fourth-order valence-corrected chi connectivity index (χ4v) is 4.05. The number of anilines is 1. The van der Waals surface area contributed by atoms with Crippen LogP contribution in [0.3, 0.4) is 0 Å². The maximum Gasteiger partial charge on any atom is 0.142 e. The van der Waals surface area contributed by atoms with E-state index in [0.29, 0.717) is 6.04 Å². The summed E-state index contributed by atoms with van der Waals surface area (Å²) in [7, 11) is 2.17. The molecule has 0 atom stereocenters. The average molecular weight is 290 g/mol. The molecule has 2 heterocycles. The molecule has 3 rings (SSSR count). The highest BCUT2D eigenvalue weighted by atomic mass is 32.2. The van der Waals surface area contributed by atoms with Gasteiger partial charge in [0.05, 0.1) is 5.39 Å². The number of aromatic nitrogens is 3. The number of thioether (sulfide) groups is 1. The van der Waals surface area contributed by atoms with Gasteiger partial charge in [0.2, 0.25) is 0 Å². The van der Waals surface area contributed by atoms with Gasteiger partial charge in [-0.1, -0.05) is 0 Å². The summed E-state index contributed by atoms with van der Waals surface area (Å²) in [5.41, 5.74) is 0.929. The van der Waals surface area contributed by atoms with Crippen molar-refractivity contribution in [2.24, 2.45) is 5.92 Å². The number of aromatic amines is 1. The number of nitrogens with zero attached hydrogens (tertiary/aromatic N) is 3. The molecule has 1 aliphatic rings. The van der Waals surface area contributed by atoms with Crippen LogP contribution in [0.1, 0.15) is 25.7 Å². The Bertz CT molecular complexity index is 560. The second kappa shape index (κ2) is 6.04. The van der Waals surface area contributed by atoms with Gasteiger partial charge in [0.15, 0.2) is 0 Å². The molecule has 0 saturated heterocycles. The van der Waals surface area contributed by atoms with E-state index in [4.69, 9.17) is 0 Å². The second-order valence-corrected chi connectivity index (χ2v) is 6.59. The highest BCUT2D eigenvalue weighted by Gasteiger charge is 2.25. The van der Waals surface area contributed by atoms with Crippen molar-refractivity contribution in [2.75, 3.05) is 24.0 Å². The largest absolute Gasteiger partial charge is 0.356 e. The van der Waals surface area contributed by atoms with Crippen LogP contribution in [0.25, 0.3) is 11.0 Å². The normalized spacial score (nSPS) is 23.1. The molecular weight excluding hydrogens is 268 g/mol. The molecule has 108 valence electrons. The molecule has 0 aliphatic heterocycles. The quantitative estimate of drug-likeness (QED) is 0.938. The van der Waals surface area contributed by atoms with Gasteiger partial charge in [-0.2, -0.15) is 11.8 Å². The molecule has 0 spiro atoms. The first-order valence-electron chi connectivity index (χ1n) is 7.29. The van der Waals surface area contributed by atoms with Gasteiger partial charge in [-0.05, 0) is 49.7 Å². The maximum atomic E-state index is 4.50. The molecule has 20 heavy (non-hydrogen) atoms. The molecule has 0 aromatic carbocycles. The molecule has 0 amide bonds. The van der Waals surface area contributed by atoms with Crippen LogP contribution in [0.4, 0.5) is 5.82 Å². The molecule has 0 radical (unpaired) electrons. The number of hydrogen-bond donors (Lipinski definition) is 1. The summed E-state index contributed by atoms with van der Waals surface area (Å²) in [5, 5.41) is 1.13. The van der Waals surface area contributed by atoms with Crippen LogP contribution in [0.15, 0.2) is 18.6 Å². The molecule has 1 N–H and O–H groups in total. The number of hydrogen-bond acceptors (Lipinski definition) is 4. The Morgan fingerprint density at radius 2 is 2.10 bits per heavy atom. The monoisotopic (exact) mass is 290 g/mol. The van der Waals surface area contributed by atoms with E-state index < -0.39 is 0 Å². The van der Waals surface area contributed by atoms with E-state index in [1.807, 2.05) is 18.0 Å². The molecular formula is C15H22N4S. The summed E-state index contributed by atoms with van der Waals surface area (Å²) in [6.45, 7) is 0. The van der Waals surface area contributed by atoms with Crippen LogP contribution in [0, 0.1) is 5.92 Å². The zero-order chi connectivity index (χ0) is 13.9. The second-order valence-electron chi connectivity index (χ2n) is 5.68. The van der Waals surface area contributed by atoms with Crippen LogP contribution in [-0.4, -0.2) is 40.1 Å². The summed E-state index contributed by atoms with van der Waals surface area (Å²) in [5.74, 6) is 3.28. The molecule has 5 heteroatoms. The first-order chi connectivity index (χ1) is 9.79. The summed E-state index contributed by atoms with van der Waals surface area (Å²) in [4.78, 5) is 14.3. The Morgan fingerprint density at radius 1 is 1.30 bits per heavy atom. The highest BCUT2D eigenvalue weighted by molar-refractivity contribution is 7.98. The van der Waals surface area contributed by atoms with Gasteiger partial charge >= 0.3 is 0 Å². The molecule has 1 aliphatic carbocycles. The number of fused-ring (bicyclic) bond motifs is 1. The van der Waals surface area contributed by atoms with Crippen molar-refractivity contribution in [3.8, 4) is 0 Å². The number of rotatable bonds is 4. The van der Waals surface area contributed by atoms with Gasteiger partial charge in [-0.15, -0.1) is 0 Å². The lowest BCUT2D eigenvalue weighted by Gasteiger charge is -2.35. The van der Waals surface area contributed by atoms with Crippen molar-refractivity contribution >= 4 is 28.6 Å². The van der Waals surface area contributed by atoms with Crippen LogP contribution < -0.4 is 4.90 Å². The smallest absolute Gasteiger partial charge is 0.142 e. The van der Waals surface area contributed by atoms with Gasteiger partial charge in [-0.3, -0.25) is 0 Å².